The monoisotopic (exact) mass is 374 g/mol. The minimum atomic E-state index is -1.15. The fourth-order valence-corrected chi connectivity index (χ4v) is 4.98. The van der Waals surface area contributed by atoms with Gasteiger partial charge in [-0.1, -0.05) is 114 Å². The number of rotatable bonds is 18. The van der Waals surface area contributed by atoms with Crippen molar-refractivity contribution in [1.29, 1.82) is 0 Å². The third kappa shape index (κ3) is 20.0. The van der Waals surface area contributed by atoms with E-state index in [4.69, 9.17) is 4.18 Å². The van der Waals surface area contributed by atoms with Gasteiger partial charge in [-0.15, -0.1) is 0 Å². The molecule has 0 aliphatic heterocycles. The first kappa shape index (κ1) is 24.8. The highest BCUT2D eigenvalue weighted by Crippen LogP contribution is 2.42. The van der Waals surface area contributed by atoms with E-state index in [0.29, 0.717) is 0 Å². The highest BCUT2D eigenvalue weighted by Gasteiger charge is 2.14. The molecule has 2 nitrogen and oxygen atoms in total. The Morgan fingerprint density at radius 2 is 0.960 bits per heavy atom. The van der Waals surface area contributed by atoms with Crippen LogP contribution in [-0.2, 0) is 8.98 Å². The van der Waals surface area contributed by atoms with Crippen molar-refractivity contribution in [3.63, 3.8) is 0 Å². The average Bonchev–Trinajstić information content (AvgIpc) is 2.53. The van der Waals surface area contributed by atoms with Crippen molar-refractivity contribution in [2.24, 2.45) is 0 Å². The Morgan fingerprint density at radius 3 is 1.28 bits per heavy atom. The summed E-state index contributed by atoms with van der Waals surface area (Å²) in [7, 11) is -1.15. The molecule has 0 saturated carbocycles. The molecule has 0 amide bonds. The summed E-state index contributed by atoms with van der Waals surface area (Å²) >= 11 is 0. The molecule has 0 unspecified atom stereocenters. The molecule has 0 aliphatic carbocycles. The van der Waals surface area contributed by atoms with Gasteiger partial charge in [-0.3, -0.25) is 4.79 Å². The number of carbonyl (C=O) groups excluding carboxylic acids is 1. The standard InChI is InChI=1S/C22H46O2S/c1-5-6-7-8-9-10-11-12-13-14-15-16-17-18-19-20-21-25(3,4)24-22(2)23/h5-21H2,1-4H3. The summed E-state index contributed by atoms with van der Waals surface area (Å²) in [6.45, 7) is 3.80. The van der Waals surface area contributed by atoms with Crippen LogP contribution >= 0.6 is 10.3 Å². The Labute approximate surface area is 160 Å². The van der Waals surface area contributed by atoms with Crippen LogP contribution in [0.2, 0.25) is 0 Å². The van der Waals surface area contributed by atoms with Crippen molar-refractivity contribution in [2.45, 2.75) is 117 Å². The van der Waals surface area contributed by atoms with Gasteiger partial charge in [0.1, 0.15) is 0 Å². The van der Waals surface area contributed by atoms with Gasteiger partial charge in [-0.2, -0.15) is 0 Å². The molecule has 0 aromatic heterocycles. The fraction of sp³-hybridized carbons (Fsp3) is 0.955. The van der Waals surface area contributed by atoms with Crippen molar-refractivity contribution in [3.05, 3.63) is 0 Å². The van der Waals surface area contributed by atoms with E-state index < -0.39 is 10.3 Å². The first-order valence-corrected chi connectivity index (χ1v) is 13.4. The van der Waals surface area contributed by atoms with E-state index in [0.717, 1.165) is 5.75 Å². The van der Waals surface area contributed by atoms with Gasteiger partial charge in [-0.05, 0) is 18.9 Å². The first-order chi connectivity index (χ1) is 12.0. The lowest BCUT2D eigenvalue weighted by molar-refractivity contribution is -0.130. The summed E-state index contributed by atoms with van der Waals surface area (Å²) in [5.74, 6) is 0.932. The van der Waals surface area contributed by atoms with E-state index in [1.165, 1.54) is 110 Å². The quantitative estimate of drug-likeness (QED) is 0.229. The minimum Gasteiger partial charge on any atom is -0.416 e. The number of carbonyl (C=O) groups is 1. The maximum absolute atomic E-state index is 11.0. The van der Waals surface area contributed by atoms with Crippen LogP contribution in [0.1, 0.15) is 117 Å². The van der Waals surface area contributed by atoms with Crippen LogP contribution in [0.25, 0.3) is 0 Å². The van der Waals surface area contributed by atoms with E-state index in [1.807, 2.05) is 0 Å². The highest BCUT2D eigenvalue weighted by molar-refractivity contribution is 8.29. The van der Waals surface area contributed by atoms with Crippen LogP contribution < -0.4 is 0 Å². The molecule has 0 aromatic rings. The summed E-state index contributed by atoms with van der Waals surface area (Å²) in [6.07, 6.45) is 26.6. The molecule has 3 heteroatoms. The molecular weight excluding hydrogens is 328 g/mol. The SMILES string of the molecule is CCCCCCCCCCCCCCCCCCS(C)(C)OC(C)=O. The van der Waals surface area contributed by atoms with Gasteiger partial charge in [0, 0.05) is 12.7 Å². The van der Waals surface area contributed by atoms with Crippen molar-refractivity contribution < 1.29 is 8.98 Å². The Balaban J connectivity index is 3.18. The van der Waals surface area contributed by atoms with Crippen molar-refractivity contribution in [3.8, 4) is 0 Å². The van der Waals surface area contributed by atoms with Crippen LogP contribution in [0.15, 0.2) is 0 Å². The second-order valence-corrected chi connectivity index (χ2v) is 11.5. The van der Waals surface area contributed by atoms with Crippen LogP contribution in [0.4, 0.5) is 0 Å². The van der Waals surface area contributed by atoms with Crippen molar-refractivity contribution >= 4 is 16.3 Å². The molecule has 0 radical (unpaired) electrons. The van der Waals surface area contributed by atoms with Crippen LogP contribution in [0.3, 0.4) is 0 Å². The third-order valence-corrected chi connectivity index (χ3v) is 6.79. The second kappa shape index (κ2) is 17.2. The van der Waals surface area contributed by atoms with Gasteiger partial charge in [0.05, 0.1) is 0 Å². The van der Waals surface area contributed by atoms with Crippen LogP contribution in [0, 0.1) is 0 Å². The number of hydrogen-bond donors (Lipinski definition) is 0. The minimum absolute atomic E-state index is 0.128. The smallest absolute Gasteiger partial charge is 0.313 e. The zero-order valence-electron chi connectivity index (χ0n) is 17.7. The van der Waals surface area contributed by atoms with Crippen molar-refractivity contribution in [2.75, 3.05) is 18.3 Å². The summed E-state index contributed by atoms with van der Waals surface area (Å²) in [5.41, 5.74) is 0. The van der Waals surface area contributed by atoms with E-state index in [-0.39, 0.29) is 5.97 Å². The largest absolute Gasteiger partial charge is 0.416 e. The highest BCUT2D eigenvalue weighted by atomic mass is 32.3. The Kier molecular flexibility index (Phi) is 17.1. The maximum atomic E-state index is 11.0. The molecule has 0 N–H and O–H groups in total. The molecule has 25 heavy (non-hydrogen) atoms. The fourth-order valence-electron chi connectivity index (χ4n) is 3.36. The predicted molar refractivity (Wildman–Crippen MR) is 116 cm³/mol. The normalized spacial score (nSPS) is 12.3. The molecule has 0 saturated heterocycles. The Bertz CT molecular complexity index is 302. The Morgan fingerprint density at radius 1 is 0.640 bits per heavy atom. The molecule has 0 bridgehead atoms. The molecule has 0 heterocycles. The van der Waals surface area contributed by atoms with E-state index in [2.05, 4.69) is 19.4 Å². The summed E-state index contributed by atoms with van der Waals surface area (Å²) in [5, 5.41) is 0. The van der Waals surface area contributed by atoms with Gasteiger partial charge in [-0.25, -0.2) is 0 Å². The summed E-state index contributed by atoms with van der Waals surface area (Å²) < 4.78 is 5.41. The molecule has 0 spiro atoms. The predicted octanol–water partition coefficient (Wildman–Crippen LogP) is 7.79. The molecular formula is C22H46O2S. The van der Waals surface area contributed by atoms with Crippen LogP contribution in [-0.4, -0.2) is 24.2 Å². The molecule has 152 valence electrons. The molecule has 0 fully saturated rings. The van der Waals surface area contributed by atoms with Gasteiger partial charge >= 0.3 is 5.97 Å². The Hall–Kier alpha value is -0.180. The maximum Gasteiger partial charge on any atom is 0.313 e. The molecule has 0 aliphatic rings. The van der Waals surface area contributed by atoms with Gasteiger partial charge in [0.15, 0.2) is 0 Å². The summed E-state index contributed by atoms with van der Waals surface area (Å²) in [4.78, 5) is 11.0. The van der Waals surface area contributed by atoms with E-state index >= 15 is 0 Å². The molecule has 0 aromatic carbocycles. The molecule has 0 rings (SSSR count). The third-order valence-electron chi connectivity index (χ3n) is 4.83. The lowest BCUT2D eigenvalue weighted by Gasteiger charge is -2.29. The lowest BCUT2D eigenvalue weighted by atomic mass is 10.0. The van der Waals surface area contributed by atoms with Crippen LogP contribution in [0.5, 0.6) is 0 Å². The first-order valence-electron chi connectivity index (χ1n) is 10.9. The zero-order chi connectivity index (χ0) is 18.8. The number of unbranched alkanes of at least 4 members (excludes halogenated alkanes) is 15. The molecule has 0 atom stereocenters. The summed E-state index contributed by atoms with van der Waals surface area (Å²) in [6, 6.07) is 0. The zero-order valence-corrected chi connectivity index (χ0v) is 18.6. The van der Waals surface area contributed by atoms with Gasteiger partial charge in [0.2, 0.25) is 0 Å². The lowest BCUT2D eigenvalue weighted by Crippen LogP contribution is -2.09. The van der Waals surface area contributed by atoms with E-state index in [1.54, 1.807) is 0 Å². The van der Waals surface area contributed by atoms with Gasteiger partial charge < -0.3 is 4.18 Å². The van der Waals surface area contributed by atoms with Gasteiger partial charge in [0.25, 0.3) is 0 Å². The number of hydrogen-bond acceptors (Lipinski definition) is 2. The second-order valence-electron chi connectivity index (χ2n) is 8.02. The topological polar surface area (TPSA) is 26.3 Å². The van der Waals surface area contributed by atoms with E-state index in [9.17, 15) is 4.79 Å². The average molecular weight is 375 g/mol. The van der Waals surface area contributed by atoms with Crippen molar-refractivity contribution in [1.82, 2.24) is 0 Å².